The van der Waals surface area contributed by atoms with E-state index in [9.17, 15) is 9.18 Å². The number of nitrogens with two attached hydrogens (primary N) is 2. The number of nitrogens with zero attached hydrogens (tertiary/aromatic N) is 4. The van der Waals surface area contributed by atoms with Gasteiger partial charge in [0.25, 0.3) is 5.91 Å². The number of rotatable bonds is 6. The zero-order valence-corrected chi connectivity index (χ0v) is 21.1. The van der Waals surface area contributed by atoms with Crippen molar-refractivity contribution in [2.45, 2.75) is 32.0 Å². The maximum absolute atomic E-state index is 13.2. The van der Waals surface area contributed by atoms with Crippen molar-refractivity contribution in [3.05, 3.63) is 107 Å². The maximum atomic E-state index is 13.2. The molecule has 39 heavy (non-hydrogen) atoms. The molecule has 0 saturated carbocycles. The molecule has 1 unspecified atom stereocenters. The monoisotopic (exact) mass is 525 g/mol. The summed E-state index contributed by atoms with van der Waals surface area (Å²) in [7, 11) is 0. The Hall–Kier alpha value is -5.17. The molecule has 10 heteroatoms. The Kier molecular flexibility index (Phi) is 8.53. The van der Waals surface area contributed by atoms with Crippen molar-refractivity contribution in [2.24, 2.45) is 0 Å². The van der Waals surface area contributed by atoms with Crippen molar-refractivity contribution in [2.75, 3.05) is 16.4 Å². The molecule has 9 nitrogen and oxygen atoms in total. The van der Waals surface area contributed by atoms with Crippen molar-refractivity contribution >= 4 is 23.1 Å². The fourth-order valence-electron chi connectivity index (χ4n) is 4.44. The number of anilines is 3. The van der Waals surface area contributed by atoms with Crippen LogP contribution < -0.4 is 21.7 Å². The molecule has 0 aliphatic carbocycles. The molecule has 3 heterocycles. The Bertz CT molecular complexity index is 1470. The normalized spacial score (nSPS) is 13.8. The minimum absolute atomic E-state index is 0.0243. The number of carbonyl (C=O) groups excluding carboxylic acids is 1. The number of nitrogen functional groups attached to an aromatic ring is 2. The van der Waals surface area contributed by atoms with Crippen LogP contribution in [0.25, 0.3) is 0 Å². The second-order valence-electron chi connectivity index (χ2n) is 8.80. The number of hydrogen-bond donors (Lipinski definition) is 4. The van der Waals surface area contributed by atoms with Crippen LogP contribution in [0.15, 0.2) is 72.9 Å². The maximum Gasteiger partial charge on any atom is 0.272 e. The van der Waals surface area contributed by atoms with Crippen LogP contribution in [0.5, 0.6) is 0 Å². The summed E-state index contributed by atoms with van der Waals surface area (Å²) in [6.45, 7) is 0.739. The number of benzene rings is 2. The Balaban J connectivity index is 0.00000112. The second-order valence-corrected chi connectivity index (χ2v) is 8.80. The van der Waals surface area contributed by atoms with Crippen LogP contribution in [0.4, 0.5) is 21.6 Å². The molecular weight excluding hydrogens is 497 g/mol. The van der Waals surface area contributed by atoms with Gasteiger partial charge in [-0.3, -0.25) is 9.78 Å². The smallest absolute Gasteiger partial charge is 0.272 e. The summed E-state index contributed by atoms with van der Waals surface area (Å²) in [5.41, 5.74) is 16.3. The number of aromatic nitrogens is 3. The molecule has 0 spiro atoms. The fraction of sp³-hybridized carbons (Fsp3) is 0.172. The van der Waals surface area contributed by atoms with Gasteiger partial charge >= 0.3 is 0 Å². The third kappa shape index (κ3) is 6.40. The summed E-state index contributed by atoms with van der Waals surface area (Å²) in [6, 6.07) is 19.7. The highest BCUT2D eigenvalue weighted by molar-refractivity contribution is 5.99. The highest BCUT2D eigenvalue weighted by Gasteiger charge is 2.31. The molecule has 2 aromatic carbocycles. The van der Waals surface area contributed by atoms with Crippen LogP contribution >= 0.6 is 0 Å². The third-order valence-corrected chi connectivity index (χ3v) is 6.29. The van der Waals surface area contributed by atoms with E-state index in [-0.39, 0.29) is 35.6 Å². The van der Waals surface area contributed by atoms with E-state index in [1.54, 1.807) is 18.3 Å². The Morgan fingerprint density at radius 2 is 1.82 bits per heavy atom. The molecule has 1 amide bonds. The highest BCUT2D eigenvalue weighted by atomic mass is 19.1. The first kappa shape index (κ1) is 26.9. The van der Waals surface area contributed by atoms with Crippen molar-refractivity contribution in [3.63, 3.8) is 0 Å². The molecule has 0 bridgehead atoms. The van der Waals surface area contributed by atoms with Gasteiger partial charge < -0.3 is 26.8 Å². The molecule has 4 aromatic rings. The molecule has 1 aliphatic heterocycles. The van der Waals surface area contributed by atoms with E-state index in [0.29, 0.717) is 12.4 Å². The Labute approximate surface area is 225 Å². The number of fused-ring (bicyclic) bond motifs is 1. The van der Waals surface area contributed by atoms with Crippen molar-refractivity contribution in [1.29, 1.82) is 0 Å². The van der Waals surface area contributed by atoms with Crippen molar-refractivity contribution in [1.82, 2.24) is 20.3 Å². The van der Waals surface area contributed by atoms with Crippen LogP contribution in [0.1, 0.15) is 45.6 Å². The number of nitrogens with one attached hydrogen (secondary N) is 1. The first-order valence-electron chi connectivity index (χ1n) is 12.2. The molecule has 5 rings (SSSR count). The van der Waals surface area contributed by atoms with Gasteiger partial charge in [-0.2, -0.15) is 0 Å². The molecule has 1 atom stereocenters. The Morgan fingerprint density at radius 1 is 1.10 bits per heavy atom. The van der Waals surface area contributed by atoms with E-state index in [4.69, 9.17) is 16.6 Å². The molecule has 0 radical (unpaired) electrons. The van der Waals surface area contributed by atoms with Gasteiger partial charge in [0.05, 0.1) is 18.3 Å². The van der Waals surface area contributed by atoms with Crippen LogP contribution in [0, 0.1) is 18.3 Å². The lowest BCUT2D eigenvalue weighted by atomic mass is 9.94. The molecule has 0 saturated heterocycles. The standard InChI is InChI=1S/C27H26FN7O.C2H2O/c28-19-11-8-17(9-12-19)15-32-27(36)24-23(29)25(30)34-26(33-24)22-13-10-18-5-1-2-7-21(18)35(22)16-20-6-3-4-14-31-20;1-2-3/h1-9,11-12,14,22H,10,13,15-16,29H2,(H,32,36)(H2,30,33,34);1,3H. The average molecular weight is 526 g/mol. The summed E-state index contributed by atoms with van der Waals surface area (Å²) < 4.78 is 13.2. The van der Waals surface area contributed by atoms with E-state index in [2.05, 4.69) is 43.7 Å². The predicted molar refractivity (Wildman–Crippen MR) is 147 cm³/mol. The summed E-state index contributed by atoms with van der Waals surface area (Å²) in [6.07, 6.45) is 8.74. The largest absolute Gasteiger partial charge is 0.462 e. The number of hydrogen-bond acceptors (Lipinski definition) is 8. The number of halogens is 1. The number of aliphatic hydroxyl groups is 1. The van der Waals surface area contributed by atoms with Gasteiger partial charge in [-0.05, 0) is 54.3 Å². The minimum atomic E-state index is -0.473. The molecular formula is C29H28FN7O2. The summed E-state index contributed by atoms with van der Waals surface area (Å²) >= 11 is 0. The number of terminal acetylenes is 1. The first-order chi connectivity index (χ1) is 18.9. The van der Waals surface area contributed by atoms with E-state index < -0.39 is 5.91 Å². The van der Waals surface area contributed by atoms with Gasteiger partial charge in [-0.15, -0.1) is 0 Å². The highest BCUT2D eigenvalue weighted by Crippen LogP contribution is 2.39. The van der Waals surface area contributed by atoms with Gasteiger partial charge in [0.1, 0.15) is 17.6 Å². The molecule has 0 fully saturated rings. The van der Waals surface area contributed by atoms with Crippen LogP contribution in [0.2, 0.25) is 0 Å². The fourth-order valence-corrected chi connectivity index (χ4v) is 4.44. The molecule has 1 aliphatic rings. The number of pyridine rings is 1. The molecule has 198 valence electrons. The van der Waals surface area contributed by atoms with Gasteiger partial charge in [-0.25, -0.2) is 14.4 Å². The number of para-hydroxylation sites is 1. The quantitative estimate of drug-likeness (QED) is 0.279. The van der Waals surface area contributed by atoms with Crippen LogP contribution in [0.3, 0.4) is 0 Å². The summed E-state index contributed by atoms with van der Waals surface area (Å²) in [5, 5.41) is 9.89. The molecule has 2 aromatic heterocycles. The van der Waals surface area contributed by atoms with Crippen molar-refractivity contribution in [3.8, 4) is 12.5 Å². The Morgan fingerprint density at radius 3 is 2.54 bits per heavy atom. The lowest BCUT2D eigenvalue weighted by molar-refractivity contribution is 0.0946. The van der Waals surface area contributed by atoms with Gasteiger partial charge in [0.15, 0.2) is 17.3 Å². The zero-order chi connectivity index (χ0) is 27.8. The predicted octanol–water partition coefficient (Wildman–Crippen LogP) is 3.75. The SMILES string of the molecule is C#CO.Nc1nc(C2CCc3ccccc3N2Cc2ccccn2)nc(C(=O)NCc2ccc(F)cc2)c1N. The van der Waals surface area contributed by atoms with E-state index >= 15 is 0 Å². The number of carbonyl (C=O) groups is 1. The summed E-state index contributed by atoms with van der Waals surface area (Å²) in [5.74, 6) is -0.325. The number of aliphatic hydroxyl groups excluding tert-OH is 1. The number of aryl methyl sites for hydroxylation is 1. The summed E-state index contributed by atoms with van der Waals surface area (Å²) in [4.78, 5) is 28.8. The topological polar surface area (TPSA) is 143 Å². The third-order valence-electron chi connectivity index (χ3n) is 6.29. The minimum Gasteiger partial charge on any atom is -0.462 e. The van der Waals surface area contributed by atoms with Gasteiger partial charge in [-0.1, -0.05) is 42.8 Å². The van der Waals surface area contributed by atoms with E-state index in [1.165, 1.54) is 23.8 Å². The van der Waals surface area contributed by atoms with Crippen molar-refractivity contribution < 1.29 is 14.3 Å². The second kappa shape index (κ2) is 12.4. The van der Waals surface area contributed by atoms with E-state index in [0.717, 1.165) is 29.8 Å². The van der Waals surface area contributed by atoms with Gasteiger partial charge in [0, 0.05) is 18.4 Å². The van der Waals surface area contributed by atoms with Gasteiger partial charge in [0.2, 0.25) is 0 Å². The zero-order valence-electron chi connectivity index (χ0n) is 21.1. The van der Waals surface area contributed by atoms with Crippen LogP contribution in [-0.2, 0) is 19.5 Å². The lowest BCUT2D eigenvalue weighted by Gasteiger charge is -2.38. The molecule has 6 N–H and O–H groups in total. The lowest BCUT2D eigenvalue weighted by Crippen LogP contribution is -2.35. The van der Waals surface area contributed by atoms with E-state index in [1.807, 2.05) is 30.3 Å². The number of amides is 1. The average Bonchev–Trinajstić information content (AvgIpc) is 2.95. The first-order valence-corrected chi connectivity index (χ1v) is 12.2. The van der Waals surface area contributed by atoms with Crippen LogP contribution in [-0.4, -0.2) is 26.0 Å².